The van der Waals surface area contributed by atoms with Gasteiger partial charge in [-0.05, 0) is 44.4 Å². The van der Waals surface area contributed by atoms with Crippen molar-refractivity contribution in [3.63, 3.8) is 0 Å². The zero-order valence-corrected chi connectivity index (χ0v) is 19.1. The van der Waals surface area contributed by atoms with E-state index in [1.165, 1.54) is 0 Å². The molecule has 0 aliphatic rings. The first-order valence-corrected chi connectivity index (χ1v) is 10.8. The number of rotatable bonds is 10. The SMILES string of the molecule is CCOC(=O)c1c(C)nc(NCCCCCC(=O)NO)c(C#N)c1-c1ccc(Br)cc1. The normalized spacial score (nSPS) is 10.3. The van der Waals surface area contributed by atoms with E-state index in [9.17, 15) is 14.9 Å². The Morgan fingerprint density at radius 3 is 2.55 bits per heavy atom. The Morgan fingerprint density at radius 1 is 1.23 bits per heavy atom. The number of unbranched alkanes of at least 4 members (excludes halogenated alkanes) is 2. The number of benzene rings is 1. The smallest absolute Gasteiger partial charge is 0.340 e. The fourth-order valence-electron chi connectivity index (χ4n) is 3.15. The van der Waals surface area contributed by atoms with Crippen molar-refractivity contribution in [2.24, 2.45) is 0 Å². The minimum absolute atomic E-state index is 0.217. The summed E-state index contributed by atoms with van der Waals surface area (Å²) in [6.45, 7) is 4.20. The maximum Gasteiger partial charge on any atom is 0.340 e. The van der Waals surface area contributed by atoms with Crippen LogP contribution in [0.15, 0.2) is 28.7 Å². The molecule has 31 heavy (non-hydrogen) atoms. The summed E-state index contributed by atoms with van der Waals surface area (Å²) in [6, 6.07) is 9.54. The Kier molecular flexibility index (Phi) is 9.43. The fourth-order valence-corrected chi connectivity index (χ4v) is 3.41. The molecule has 0 saturated heterocycles. The van der Waals surface area contributed by atoms with Gasteiger partial charge in [0, 0.05) is 23.0 Å². The van der Waals surface area contributed by atoms with Crippen LogP contribution in [0.1, 0.15) is 54.2 Å². The van der Waals surface area contributed by atoms with Crippen LogP contribution in [0.2, 0.25) is 0 Å². The number of aromatic nitrogens is 1. The summed E-state index contributed by atoms with van der Waals surface area (Å²) in [5, 5.41) is 21.6. The molecule has 0 atom stereocenters. The number of amides is 1. The van der Waals surface area contributed by atoms with Gasteiger partial charge in [0.1, 0.15) is 17.5 Å². The molecule has 0 aliphatic carbocycles. The second-order valence-electron chi connectivity index (χ2n) is 6.78. The predicted octanol–water partition coefficient (Wildman–Crippen LogP) is 4.35. The standard InChI is InChI=1S/C22H25BrN4O4/c1-3-31-22(29)19-14(2)26-21(25-12-6-4-5-7-18(28)27-30)17(13-24)20(19)15-8-10-16(23)11-9-15/h8-11,30H,3-7,12H2,1-2H3,(H,25,26)(H,27,28). The quantitative estimate of drug-likeness (QED) is 0.196. The molecule has 164 valence electrons. The molecule has 3 N–H and O–H groups in total. The van der Waals surface area contributed by atoms with Crippen molar-refractivity contribution < 1.29 is 19.5 Å². The molecule has 0 saturated carbocycles. The van der Waals surface area contributed by atoms with Gasteiger partial charge in [-0.15, -0.1) is 0 Å². The molecule has 1 heterocycles. The largest absolute Gasteiger partial charge is 0.462 e. The van der Waals surface area contributed by atoms with Crippen LogP contribution in [0, 0.1) is 18.3 Å². The molecule has 0 spiro atoms. The van der Waals surface area contributed by atoms with Crippen LogP contribution in [0.4, 0.5) is 5.82 Å². The second kappa shape index (κ2) is 12.0. The molecule has 1 amide bonds. The van der Waals surface area contributed by atoms with Crippen LogP contribution >= 0.6 is 15.9 Å². The number of anilines is 1. The second-order valence-corrected chi connectivity index (χ2v) is 7.70. The summed E-state index contributed by atoms with van der Waals surface area (Å²) in [6.07, 6.45) is 2.40. The van der Waals surface area contributed by atoms with Crippen LogP contribution in [-0.4, -0.2) is 35.2 Å². The molecular weight excluding hydrogens is 464 g/mol. The molecule has 0 aliphatic heterocycles. The third-order valence-electron chi connectivity index (χ3n) is 4.60. The summed E-state index contributed by atoms with van der Waals surface area (Å²) < 4.78 is 6.10. The van der Waals surface area contributed by atoms with E-state index in [1.54, 1.807) is 19.3 Å². The van der Waals surface area contributed by atoms with E-state index in [2.05, 4.69) is 32.3 Å². The molecule has 2 aromatic rings. The van der Waals surface area contributed by atoms with Crippen LogP contribution in [0.5, 0.6) is 0 Å². The molecule has 1 aromatic carbocycles. The van der Waals surface area contributed by atoms with E-state index in [1.807, 2.05) is 24.3 Å². The lowest BCUT2D eigenvalue weighted by Crippen LogP contribution is -2.18. The minimum Gasteiger partial charge on any atom is -0.462 e. The number of nitriles is 1. The molecule has 1 aromatic heterocycles. The number of nitrogens with zero attached hydrogens (tertiary/aromatic N) is 2. The topological polar surface area (TPSA) is 124 Å². The lowest BCUT2D eigenvalue weighted by molar-refractivity contribution is -0.129. The van der Waals surface area contributed by atoms with Crippen LogP contribution < -0.4 is 10.8 Å². The first kappa shape index (κ1) is 24.3. The van der Waals surface area contributed by atoms with Gasteiger partial charge in [0.25, 0.3) is 0 Å². The van der Waals surface area contributed by atoms with Crippen molar-refractivity contribution in [1.29, 1.82) is 5.26 Å². The van der Waals surface area contributed by atoms with Crippen molar-refractivity contribution in [3.05, 3.63) is 45.6 Å². The average molecular weight is 489 g/mol. The lowest BCUT2D eigenvalue weighted by Gasteiger charge is -2.17. The van der Waals surface area contributed by atoms with E-state index in [4.69, 9.17) is 9.94 Å². The fraction of sp³-hybridized carbons (Fsp3) is 0.364. The molecule has 8 nitrogen and oxygen atoms in total. The number of aryl methyl sites for hydroxylation is 1. The number of halogens is 1. The highest BCUT2D eigenvalue weighted by Gasteiger charge is 2.24. The monoisotopic (exact) mass is 488 g/mol. The van der Waals surface area contributed by atoms with Crippen molar-refractivity contribution in [3.8, 4) is 17.2 Å². The van der Waals surface area contributed by atoms with E-state index < -0.39 is 11.9 Å². The number of nitrogens with one attached hydrogen (secondary N) is 2. The summed E-state index contributed by atoms with van der Waals surface area (Å²) >= 11 is 3.40. The Balaban J connectivity index is 2.34. The zero-order chi connectivity index (χ0) is 22.8. The third-order valence-corrected chi connectivity index (χ3v) is 5.13. The Bertz CT molecular complexity index is 971. The summed E-state index contributed by atoms with van der Waals surface area (Å²) in [5.74, 6) is -0.527. The summed E-state index contributed by atoms with van der Waals surface area (Å²) in [7, 11) is 0. The predicted molar refractivity (Wildman–Crippen MR) is 120 cm³/mol. The molecule has 0 unspecified atom stereocenters. The van der Waals surface area contributed by atoms with Crippen LogP contribution in [0.25, 0.3) is 11.1 Å². The van der Waals surface area contributed by atoms with E-state index >= 15 is 0 Å². The molecule has 0 bridgehead atoms. The molecular formula is C22H25BrN4O4. The highest BCUT2D eigenvalue weighted by molar-refractivity contribution is 9.10. The van der Waals surface area contributed by atoms with Crippen molar-refractivity contribution >= 4 is 33.6 Å². The van der Waals surface area contributed by atoms with Crippen molar-refractivity contribution in [2.45, 2.75) is 39.5 Å². The van der Waals surface area contributed by atoms with Crippen molar-refractivity contribution in [1.82, 2.24) is 10.5 Å². The molecule has 9 heteroatoms. The minimum atomic E-state index is -0.518. The van der Waals surface area contributed by atoms with Gasteiger partial charge >= 0.3 is 5.97 Å². The maximum absolute atomic E-state index is 12.7. The number of carbonyl (C=O) groups is 2. The van der Waals surface area contributed by atoms with Gasteiger partial charge in [-0.1, -0.05) is 34.5 Å². The van der Waals surface area contributed by atoms with Gasteiger partial charge < -0.3 is 10.1 Å². The first-order valence-electron chi connectivity index (χ1n) is 9.97. The van der Waals surface area contributed by atoms with Gasteiger partial charge in [0.05, 0.1) is 17.9 Å². The highest BCUT2D eigenvalue weighted by Crippen LogP contribution is 2.34. The molecule has 0 radical (unpaired) electrons. The van der Waals surface area contributed by atoms with Crippen LogP contribution in [0.3, 0.4) is 0 Å². The van der Waals surface area contributed by atoms with Crippen molar-refractivity contribution in [2.75, 3.05) is 18.5 Å². The van der Waals surface area contributed by atoms with E-state index in [-0.39, 0.29) is 24.2 Å². The van der Waals surface area contributed by atoms with Gasteiger partial charge in [-0.3, -0.25) is 10.0 Å². The number of esters is 1. The number of pyridine rings is 1. The number of carbonyl (C=O) groups excluding carboxylic acids is 2. The van der Waals surface area contributed by atoms with Crippen LogP contribution in [-0.2, 0) is 9.53 Å². The number of hydrogen-bond donors (Lipinski definition) is 3. The third kappa shape index (κ3) is 6.51. The first-order chi connectivity index (χ1) is 14.9. The Hall–Kier alpha value is -2.96. The summed E-state index contributed by atoms with van der Waals surface area (Å²) in [4.78, 5) is 28.2. The number of hydroxylamine groups is 1. The molecule has 2 rings (SSSR count). The maximum atomic E-state index is 12.7. The molecule has 0 fully saturated rings. The Labute approximate surface area is 189 Å². The van der Waals surface area contributed by atoms with Gasteiger partial charge in [-0.2, -0.15) is 5.26 Å². The lowest BCUT2D eigenvalue weighted by atomic mass is 9.94. The summed E-state index contributed by atoms with van der Waals surface area (Å²) in [5.41, 5.74) is 3.84. The average Bonchev–Trinajstić information content (AvgIpc) is 2.76. The highest BCUT2D eigenvalue weighted by atomic mass is 79.9. The van der Waals surface area contributed by atoms with E-state index in [0.717, 1.165) is 17.3 Å². The van der Waals surface area contributed by atoms with Gasteiger partial charge in [0.2, 0.25) is 5.91 Å². The zero-order valence-electron chi connectivity index (χ0n) is 17.5. The van der Waals surface area contributed by atoms with Gasteiger partial charge in [0.15, 0.2) is 0 Å². The van der Waals surface area contributed by atoms with E-state index in [0.29, 0.717) is 35.6 Å². The number of hydrogen-bond acceptors (Lipinski definition) is 7. The number of ether oxygens (including phenoxy) is 1. The Morgan fingerprint density at radius 2 is 1.94 bits per heavy atom. The van der Waals surface area contributed by atoms with Gasteiger partial charge in [-0.25, -0.2) is 15.3 Å².